The molecule has 2 aromatic rings. The van der Waals surface area contributed by atoms with Crippen molar-refractivity contribution in [3.8, 4) is 0 Å². The average molecular weight is 433 g/mol. The molecule has 21 heavy (non-hydrogen) atoms. The third-order valence-corrected chi connectivity index (χ3v) is 5.89. The van der Waals surface area contributed by atoms with E-state index in [-0.39, 0.29) is 6.04 Å². The molecule has 0 radical (unpaired) electrons. The fourth-order valence-electron chi connectivity index (χ4n) is 2.19. The maximum atomic E-state index is 4.42. The van der Waals surface area contributed by atoms with Gasteiger partial charge in [0.25, 0.3) is 0 Å². The third-order valence-electron chi connectivity index (χ3n) is 3.16. The fraction of sp³-hybridized carbons (Fsp3) is 0.400. The summed E-state index contributed by atoms with van der Waals surface area (Å²) in [6, 6.07) is 8.60. The van der Waals surface area contributed by atoms with Crippen molar-refractivity contribution in [2.45, 2.75) is 31.3 Å². The highest BCUT2D eigenvalue weighted by Gasteiger charge is 2.19. The van der Waals surface area contributed by atoms with Gasteiger partial charge in [-0.2, -0.15) is 5.10 Å². The number of rotatable bonds is 7. The van der Waals surface area contributed by atoms with Crippen molar-refractivity contribution in [1.82, 2.24) is 15.1 Å². The van der Waals surface area contributed by atoms with Crippen LogP contribution in [0, 0.1) is 0 Å². The molecular formula is C15H19Br2N3S. The minimum absolute atomic E-state index is 0.268. The van der Waals surface area contributed by atoms with Crippen LogP contribution in [0.4, 0.5) is 0 Å². The number of halogens is 2. The molecule has 0 saturated carbocycles. The first kappa shape index (κ1) is 17.1. The van der Waals surface area contributed by atoms with Crippen LogP contribution >= 0.6 is 43.6 Å². The van der Waals surface area contributed by atoms with Gasteiger partial charge in [0, 0.05) is 21.7 Å². The number of aromatic nitrogens is 2. The van der Waals surface area contributed by atoms with Crippen molar-refractivity contribution < 1.29 is 0 Å². The summed E-state index contributed by atoms with van der Waals surface area (Å²) in [6.45, 7) is 6.06. The molecule has 114 valence electrons. The Morgan fingerprint density at radius 1 is 1.24 bits per heavy atom. The molecule has 1 N–H and O–H groups in total. The van der Waals surface area contributed by atoms with Gasteiger partial charge in [0.05, 0.1) is 22.4 Å². The van der Waals surface area contributed by atoms with Gasteiger partial charge in [-0.25, -0.2) is 0 Å². The van der Waals surface area contributed by atoms with Crippen LogP contribution in [0.3, 0.4) is 0 Å². The number of hydrogen-bond donors (Lipinski definition) is 1. The van der Waals surface area contributed by atoms with Crippen LogP contribution in [-0.4, -0.2) is 22.1 Å². The van der Waals surface area contributed by atoms with E-state index in [0.717, 1.165) is 27.8 Å². The zero-order valence-corrected chi connectivity index (χ0v) is 16.1. The van der Waals surface area contributed by atoms with Crippen LogP contribution in [0.1, 0.15) is 25.6 Å². The number of hydrogen-bond acceptors (Lipinski definition) is 3. The highest BCUT2D eigenvalue weighted by atomic mass is 79.9. The van der Waals surface area contributed by atoms with E-state index in [1.165, 1.54) is 10.6 Å². The van der Waals surface area contributed by atoms with Gasteiger partial charge in [0.1, 0.15) is 0 Å². The smallest absolute Gasteiger partial charge is 0.0704 e. The first-order chi connectivity index (χ1) is 10.2. The lowest BCUT2D eigenvalue weighted by Crippen LogP contribution is -2.26. The summed E-state index contributed by atoms with van der Waals surface area (Å²) in [5, 5.41) is 7.98. The Morgan fingerprint density at radius 2 is 2.00 bits per heavy atom. The summed E-state index contributed by atoms with van der Waals surface area (Å²) < 4.78 is 4.27. The second-order valence-electron chi connectivity index (χ2n) is 4.55. The maximum Gasteiger partial charge on any atom is 0.0704 e. The zero-order valence-electron chi connectivity index (χ0n) is 12.1. The van der Waals surface area contributed by atoms with Crippen molar-refractivity contribution in [1.29, 1.82) is 0 Å². The normalized spacial score (nSPS) is 12.6. The minimum atomic E-state index is 0.268. The summed E-state index contributed by atoms with van der Waals surface area (Å²) in [7, 11) is 0. The number of benzene rings is 1. The van der Waals surface area contributed by atoms with E-state index < -0.39 is 0 Å². The predicted octanol–water partition coefficient (Wildman–Crippen LogP) is 4.87. The lowest BCUT2D eigenvalue weighted by atomic mass is 10.2. The third kappa shape index (κ3) is 4.34. The predicted molar refractivity (Wildman–Crippen MR) is 96.9 cm³/mol. The first-order valence-corrected chi connectivity index (χ1v) is 9.56. The van der Waals surface area contributed by atoms with E-state index in [1.54, 1.807) is 0 Å². The molecule has 1 heterocycles. The summed E-state index contributed by atoms with van der Waals surface area (Å²) in [6.07, 6.45) is 1.88. The molecular weight excluding hydrogens is 414 g/mol. The van der Waals surface area contributed by atoms with Gasteiger partial charge in [0.2, 0.25) is 0 Å². The second-order valence-corrected chi connectivity index (χ2v) is 7.32. The van der Waals surface area contributed by atoms with Crippen molar-refractivity contribution in [3.63, 3.8) is 0 Å². The molecule has 0 aliphatic heterocycles. The summed E-state index contributed by atoms with van der Waals surface area (Å²) in [5.74, 6) is 0.959. The molecule has 3 nitrogen and oxygen atoms in total. The van der Waals surface area contributed by atoms with E-state index in [0.29, 0.717) is 0 Å². The lowest BCUT2D eigenvalue weighted by Gasteiger charge is -2.20. The molecule has 0 amide bonds. The number of nitrogens with zero attached hydrogens (tertiary/aromatic N) is 2. The van der Waals surface area contributed by atoms with E-state index in [9.17, 15) is 0 Å². The van der Waals surface area contributed by atoms with E-state index in [4.69, 9.17) is 0 Å². The number of nitrogens with one attached hydrogen (secondary N) is 1. The summed E-state index contributed by atoms with van der Waals surface area (Å²) in [5.41, 5.74) is 1.22. The van der Waals surface area contributed by atoms with E-state index >= 15 is 0 Å². The molecule has 0 bridgehead atoms. The van der Waals surface area contributed by atoms with Crippen molar-refractivity contribution >= 4 is 43.6 Å². The summed E-state index contributed by atoms with van der Waals surface area (Å²) >= 11 is 9.09. The largest absolute Gasteiger partial charge is 0.308 e. The molecule has 1 unspecified atom stereocenters. The molecule has 0 saturated heterocycles. The van der Waals surface area contributed by atoms with Gasteiger partial charge >= 0.3 is 0 Å². The monoisotopic (exact) mass is 431 g/mol. The van der Waals surface area contributed by atoms with Crippen LogP contribution in [0.25, 0.3) is 0 Å². The Morgan fingerprint density at radius 3 is 2.67 bits per heavy atom. The highest BCUT2D eigenvalue weighted by Crippen LogP contribution is 2.32. The number of aryl methyl sites for hydroxylation is 1. The minimum Gasteiger partial charge on any atom is -0.308 e. The van der Waals surface area contributed by atoms with Gasteiger partial charge in [0.15, 0.2) is 0 Å². The van der Waals surface area contributed by atoms with Gasteiger partial charge in [-0.05, 0) is 57.5 Å². The molecule has 1 atom stereocenters. The Hall–Kier alpha value is -0.300. The second kappa shape index (κ2) is 8.36. The molecule has 0 aliphatic rings. The van der Waals surface area contributed by atoms with Crippen molar-refractivity contribution in [2.75, 3.05) is 12.3 Å². The molecule has 0 aliphatic carbocycles. The Labute approximate surface area is 147 Å². The van der Waals surface area contributed by atoms with Gasteiger partial charge in [-0.3, -0.25) is 4.68 Å². The quantitative estimate of drug-likeness (QED) is 0.632. The molecule has 2 rings (SSSR count). The fourth-order valence-corrected chi connectivity index (χ4v) is 4.39. The Bertz CT molecular complexity index is 586. The Kier molecular flexibility index (Phi) is 6.79. The van der Waals surface area contributed by atoms with Crippen molar-refractivity contribution in [2.24, 2.45) is 0 Å². The average Bonchev–Trinajstić information content (AvgIpc) is 2.86. The molecule has 6 heteroatoms. The maximum absolute atomic E-state index is 4.42. The van der Waals surface area contributed by atoms with Crippen LogP contribution in [-0.2, 0) is 6.54 Å². The van der Waals surface area contributed by atoms with Crippen LogP contribution in [0.5, 0.6) is 0 Å². The number of thioether (sulfide) groups is 1. The topological polar surface area (TPSA) is 29.9 Å². The SMILES string of the molecule is CCNC(CSc1ccccc1Br)c1c(Br)cnn1CC. The highest BCUT2D eigenvalue weighted by molar-refractivity contribution is 9.10. The van der Waals surface area contributed by atoms with Crippen LogP contribution < -0.4 is 5.32 Å². The van der Waals surface area contributed by atoms with E-state index in [1.807, 2.05) is 24.0 Å². The van der Waals surface area contributed by atoms with Crippen LogP contribution in [0.15, 0.2) is 44.3 Å². The van der Waals surface area contributed by atoms with Crippen LogP contribution in [0.2, 0.25) is 0 Å². The van der Waals surface area contributed by atoms with Gasteiger partial charge in [-0.1, -0.05) is 19.1 Å². The van der Waals surface area contributed by atoms with Gasteiger partial charge in [-0.15, -0.1) is 11.8 Å². The summed E-state index contributed by atoms with van der Waals surface area (Å²) in [4.78, 5) is 1.26. The van der Waals surface area contributed by atoms with Gasteiger partial charge < -0.3 is 5.32 Å². The van der Waals surface area contributed by atoms with E-state index in [2.05, 4.69) is 79.0 Å². The zero-order chi connectivity index (χ0) is 15.2. The molecule has 1 aromatic heterocycles. The Balaban J connectivity index is 2.16. The molecule has 1 aromatic carbocycles. The lowest BCUT2D eigenvalue weighted by molar-refractivity contribution is 0.525. The molecule has 0 fully saturated rings. The van der Waals surface area contributed by atoms with Crippen molar-refractivity contribution in [3.05, 3.63) is 45.1 Å². The molecule has 0 spiro atoms. The first-order valence-electron chi connectivity index (χ1n) is 6.99. The standard InChI is InChI=1S/C15H19Br2N3S/c1-3-18-13(15-12(17)9-19-20(15)4-2)10-21-14-8-6-5-7-11(14)16/h5-9,13,18H,3-4,10H2,1-2H3.